The molecule has 0 unspecified atom stereocenters. The van der Waals surface area contributed by atoms with E-state index in [0.29, 0.717) is 31.6 Å². The number of nitrogens with two attached hydrogens (primary N) is 1. The molecular weight excluding hydrogens is 446 g/mol. The largest absolute Gasteiger partial charge is 0.381 e. The van der Waals surface area contributed by atoms with Crippen LogP contribution in [0.5, 0.6) is 0 Å². The Morgan fingerprint density at radius 1 is 1.11 bits per heavy atom. The van der Waals surface area contributed by atoms with Crippen molar-refractivity contribution in [2.45, 2.75) is 70.0 Å². The fraction of sp³-hybridized carbons (Fsp3) is 0.600. The summed E-state index contributed by atoms with van der Waals surface area (Å²) in [5.74, 6) is 1.02. The van der Waals surface area contributed by atoms with Crippen LogP contribution in [0.1, 0.15) is 61.1 Å². The maximum Gasteiger partial charge on any atom is 0.289 e. The Balaban J connectivity index is 1.41. The number of carbonyl (C=O) groups excluding carboxylic acids is 1. The first-order valence-electron chi connectivity index (χ1n) is 12.7. The molecule has 0 spiro atoms. The third-order valence-electron chi connectivity index (χ3n) is 6.97. The van der Waals surface area contributed by atoms with Crippen LogP contribution in [0, 0.1) is 6.92 Å². The lowest BCUT2D eigenvalue weighted by Crippen LogP contribution is -2.41. The van der Waals surface area contributed by atoms with Crippen LogP contribution in [0.3, 0.4) is 0 Å². The highest BCUT2D eigenvalue weighted by Crippen LogP contribution is 2.28. The lowest BCUT2D eigenvalue weighted by Gasteiger charge is -2.31. The fourth-order valence-electron chi connectivity index (χ4n) is 5.02. The minimum Gasteiger partial charge on any atom is -0.381 e. The molecule has 4 N–H and O–H groups in total. The molecule has 0 radical (unpaired) electrons. The van der Waals surface area contributed by atoms with Crippen molar-refractivity contribution in [3.05, 3.63) is 29.6 Å². The van der Waals surface area contributed by atoms with Crippen molar-refractivity contribution in [1.29, 1.82) is 0 Å². The predicted molar refractivity (Wildman–Crippen MR) is 134 cm³/mol. The zero-order chi connectivity index (χ0) is 24.2. The van der Waals surface area contributed by atoms with Gasteiger partial charge in [-0.1, -0.05) is 24.5 Å². The van der Waals surface area contributed by atoms with Gasteiger partial charge >= 0.3 is 0 Å². The van der Waals surface area contributed by atoms with Gasteiger partial charge in [0.15, 0.2) is 0 Å². The summed E-state index contributed by atoms with van der Waals surface area (Å²) in [7, 11) is 0. The van der Waals surface area contributed by atoms with Crippen LogP contribution in [0.25, 0.3) is 10.9 Å². The molecule has 1 aliphatic carbocycles. The van der Waals surface area contributed by atoms with Gasteiger partial charge in [-0.25, -0.2) is 20.0 Å². The number of nitrogens with one attached hydrogen (secondary N) is 2. The van der Waals surface area contributed by atoms with Crippen LogP contribution >= 0.6 is 0 Å². The maximum absolute atomic E-state index is 13.1. The Morgan fingerprint density at radius 3 is 2.74 bits per heavy atom. The van der Waals surface area contributed by atoms with Crippen molar-refractivity contribution in [2.75, 3.05) is 31.7 Å². The molecular formula is C25H35N7O3. The molecule has 5 rings (SSSR count). The zero-order valence-corrected chi connectivity index (χ0v) is 20.3. The highest BCUT2D eigenvalue weighted by Gasteiger charge is 2.28. The molecule has 3 heterocycles. The summed E-state index contributed by atoms with van der Waals surface area (Å²) in [6, 6.07) is 6.15. The predicted octanol–water partition coefficient (Wildman–Crippen LogP) is 2.52. The highest BCUT2D eigenvalue weighted by atomic mass is 16.7. The number of hydroxylamine groups is 2. The van der Waals surface area contributed by atoms with Gasteiger partial charge in [-0.15, -0.1) is 0 Å². The van der Waals surface area contributed by atoms with E-state index in [1.807, 2.05) is 19.1 Å². The van der Waals surface area contributed by atoms with E-state index in [4.69, 9.17) is 25.3 Å². The average molecular weight is 482 g/mol. The molecule has 3 fully saturated rings. The second-order valence-electron chi connectivity index (χ2n) is 9.66. The number of fused-ring (bicyclic) bond motifs is 1. The number of ether oxygens (including phenoxy) is 1. The summed E-state index contributed by atoms with van der Waals surface area (Å²) in [5, 5.41) is 9.29. The van der Waals surface area contributed by atoms with Gasteiger partial charge in [-0.2, -0.15) is 0 Å². The monoisotopic (exact) mass is 481 g/mol. The Labute approximate surface area is 205 Å². The number of anilines is 1. The standard InChI is InChI=1S/C25H35N7O3/c1-16-7-8-19-18(15-16)22(31-23(28-19)24(33)27-17-9-13-34-14-10-17)29-20-5-2-3-6-21(20)30-25(26)32-11-4-12-35-32/h7-8,15,17,20-21H,2-6,9-14H2,1H3,(H2,26,30)(H,27,33)(H,28,29,31)/t20-,21+/m0/s1. The SMILES string of the molecule is Cc1ccc2nc(C(=O)NC3CCOCC3)nc(N[C@H]3CCCC[C@H]3N=C(N)N3CCCO3)c2c1. The number of nitrogens with zero attached hydrogens (tertiary/aromatic N) is 4. The van der Waals surface area contributed by atoms with E-state index in [2.05, 4.69) is 21.7 Å². The van der Waals surface area contributed by atoms with Crippen LogP contribution in [0.15, 0.2) is 23.2 Å². The summed E-state index contributed by atoms with van der Waals surface area (Å²) < 4.78 is 5.41. The van der Waals surface area contributed by atoms with Crippen molar-refractivity contribution in [2.24, 2.45) is 10.7 Å². The Morgan fingerprint density at radius 2 is 1.94 bits per heavy atom. The van der Waals surface area contributed by atoms with Crippen LogP contribution in [0.2, 0.25) is 0 Å². The minimum absolute atomic E-state index is 0.00212. The molecule has 35 heavy (non-hydrogen) atoms. The van der Waals surface area contributed by atoms with Crippen molar-refractivity contribution >= 4 is 28.6 Å². The second-order valence-corrected chi connectivity index (χ2v) is 9.66. The molecule has 2 atom stereocenters. The Kier molecular flexibility index (Phi) is 7.29. The molecule has 1 amide bonds. The van der Waals surface area contributed by atoms with E-state index < -0.39 is 0 Å². The number of guanidine groups is 1. The smallest absolute Gasteiger partial charge is 0.289 e. The molecule has 1 aromatic carbocycles. The van der Waals surface area contributed by atoms with E-state index in [9.17, 15) is 4.79 Å². The van der Waals surface area contributed by atoms with Crippen molar-refractivity contribution < 1.29 is 14.4 Å². The number of aliphatic imine (C=N–C) groups is 1. The molecule has 2 aromatic rings. The van der Waals surface area contributed by atoms with E-state index in [-0.39, 0.29) is 29.9 Å². The van der Waals surface area contributed by atoms with Crippen LogP contribution < -0.4 is 16.4 Å². The Hall–Kier alpha value is -2.98. The summed E-state index contributed by atoms with van der Waals surface area (Å²) in [4.78, 5) is 32.8. The second kappa shape index (κ2) is 10.7. The van der Waals surface area contributed by atoms with Crippen LogP contribution in [-0.4, -0.2) is 71.4 Å². The van der Waals surface area contributed by atoms with Gasteiger partial charge in [-0.3, -0.25) is 9.63 Å². The van der Waals surface area contributed by atoms with E-state index in [1.54, 1.807) is 5.06 Å². The van der Waals surface area contributed by atoms with Crippen LogP contribution in [0.4, 0.5) is 5.82 Å². The third-order valence-corrected chi connectivity index (χ3v) is 6.97. The summed E-state index contributed by atoms with van der Waals surface area (Å²) >= 11 is 0. The van der Waals surface area contributed by atoms with Crippen LogP contribution in [-0.2, 0) is 9.57 Å². The van der Waals surface area contributed by atoms with Gasteiger partial charge in [-0.05, 0) is 51.2 Å². The summed E-state index contributed by atoms with van der Waals surface area (Å²) in [5.41, 5.74) is 8.11. The van der Waals surface area contributed by atoms with Crippen molar-refractivity contribution in [3.8, 4) is 0 Å². The molecule has 3 aliphatic rings. The lowest BCUT2D eigenvalue weighted by molar-refractivity contribution is -0.0456. The molecule has 10 heteroatoms. The number of carbonyl (C=O) groups is 1. The number of rotatable bonds is 5. The fourth-order valence-corrected chi connectivity index (χ4v) is 5.02. The van der Waals surface area contributed by atoms with Gasteiger partial charge < -0.3 is 21.1 Å². The molecule has 10 nitrogen and oxygen atoms in total. The molecule has 2 saturated heterocycles. The molecule has 1 saturated carbocycles. The third kappa shape index (κ3) is 5.65. The number of hydrogen-bond acceptors (Lipinski definition) is 7. The first-order chi connectivity index (χ1) is 17.1. The van der Waals surface area contributed by atoms with E-state index in [0.717, 1.165) is 68.0 Å². The zero-order valence-electron chi connectivity index (χ0n) is 20.3. The van der Waals surface area contributed by atoms with Gasteiger partial charge in [0.05, 0.1) is 30.8 Å². The van der Waals surface area contributed by atoms with E-state index in [1.165, 1.54) is 0 Å². The number of aromatic nitrogens is 2. The Bertz CT molecular complexity index is 1080. The first-order valence-corrected chi connectivity index (χ1v) is 12.7. The lowest BCUT2D eigenvalue weighted by atomic mass is 9.90. The number of hydrogen-bond donors (Lipinski definition) is 3. The normalized spacial score (nSPS) is 24.0. The summed E-state index contributed by atoms with van der Waals surface area (Å²) in [6.07, 6.45) is 6.63. The highest BCUT2D eigenvalue weighted by molar-refractivity contribution is 5.96. The average Bonchev–Trinajstić information content (AvgIpc) is 3.41. The van der Waals surface area contributed by atoms with Gasteiger partial charge in [0.2, 0.25) is 11.8 Å². The van der Waals surface area contributed by atoms with Gasteiger partial charge in [0.25, 0.3) is 5.91 Å². The number of aryl methyl sites for hydroxylation is 1. The molecule has 2 aliphatic heterocycles. The minimum atomic E-state index is -0.254. The number of benzene rings is 1. The van der Waals surface area contributed by atoms with Gasteiger partial charge in [0.1, 0.15) is 5.82 Å². The summed E-state index contributed by atoms with van der Waals surface area (Å²) in [6.45, 7) is 4.80. The molecule has 1 aromatic heterocycles. The first kappa shape index (κ1) is 23.7. The quantitative estimate of drug-likeness (QED) is 0.439. The maximum atomic E-state index is 13.1. The van der Waals surface area contributed by atoms with Crippen molar-refractivity contribution in [1.82, 2.24) is 20.3 Å². The number of amides is 1. The molecule has 188 valence electrons. The van der Waals surface area contributed by atoms with E-state index >= 15 is 0 Å². The molecule has 0 bridgehead atoms. The van der Waals surface area contributed by atoms with Gasteiger partial charge in [0, 0.05) is 24.6 Å². The topological polar surface area (TPSA) is 127 Å². The van der Waals surface area contributed by atoms with Crippen molar-refractivity contribution in [3.63, 3.8) is 0 Å².